The van der Waals surface area contributed by atoms with Crippen molar-refractivity contribution in [3.63, 3.8) is 0 Å². The van der Waals surface area contributed by atoms with E-state index < -0.39 is 145 Å². The lowest BCUT2D eigenvalue weighted by molar-refractivity contribution is -0.148. The van der Waals surface area contributed by atoms with Gasteiger partial charge in [0.15, 0.2) is 11.9 Å². The Morgan fingerprint density at radius 1 is 0.557 bits per heavy atom. The highest BCUT2D eigenvalue weighted by Gasteiger charge is 2.46. The fraction of sp³-hybridized carbons (Fsp3) is 0.565. The van der Waals surface area contributed by atoms with Gasteiger partial charge in [-0.1, -0.05) is 48.9 Å². The van der Waals surface area contributed by atoms with Gasteiger partial charge in [0.25, 0.3) is 0 Å². The van der Waals surface area contributed by atoms with Crippen LogP contribution in [0.25, 0.3) is 0 Å². The van der Waals surface area contributed by atoms with Crippen LogP contribution in [-0.2, 0) is 72.0 Å². The number of aliphatic hydroxyl groups is 2. The summed E-state index contributed by atoms with van der Waals surface area (Å²) < 4.78 is 0. The number of aliphatic carboxylic acids is 1. The number of thiophene rings is 2. The van der Waals surface area contributed by atoms with Gasteiger partial charge in [-0.15, -0.1) is 22.7 Å². The number of likely N-dealkylation sites (tertiary alicyclic amines) is 2. The molecule has 2 saturated heterocycles. The first-order chi connectivity index (χ1) is 46.4. The number of aliphatic imine (C=N–C) groups is 2. The molecule has 2 fully saturated rings. The molecule has 1 unspecified atom stereocenters. The van der Waals surface area contributed by atoms with Gasteiger partial charge in [-0.05, 0) is 112 Å². The molecule has 33 nitrogen and oxygen atoms in total. The molecular weight excluding hydrogens is 1300 g/mol. The number of rotatable bonds is 42. The zero-order valence-electron chi connectivity index (χ0n) is 54.2. The molecule has 25 N–H and O–H groups in total. The first-order valence-electron chi connectivity index (χ1n) is 32.3. The Morgan fingerprint density at radius 2 is 1.05 bits per heavy atom. The second-order valence-corrected chi connectivity index (χ2v) is 25.7. The third kappa shape index (κ3) is 26.6. The number of carbonyl (C=O) groups is 11. The second kappa shape index (κ2) is 41.3. The Bertz CT molecular complexity index is 3120. The normalized spacial score (nSPS) is 17.5. The van der Waals surface area contributed by atoms with Crippen LogP contribution in [0, 0.1) is 0 Å². The van der Waals surface area contributed by atoms with Gasteiger partial charge in [-0.25, -0.2) is 4.79 Å². The third-order valence-electron chi connectivity index (χ3n) is 16.1. The summed E-state index contributed by atoms with van der Waals surface area (Å²) in [6, 6.07) is 2.10. The van der Waals surface area contributed by atoms with Gasteiger partial charge < -0.3 is 108 Å². The maximum Gasteiger partial charge on any atom is 0.326 e. The van der Waals surface area contributed by atoms with Gasteiger partial charge >= 0.3 is 5.97 Å². The number of hydrogen-bond donors (Lipinski definition) is 18. The number of benzene rings is 1. The molecule has 0 bridgehead atoms. The number of carbonyl (C=O) groups excluding carboxylic acids is 10. The summed E-state index contributed by atoms with van der Waals surface area (Å²) in [6.07, 6.45) is 1.74. The molecular formula is C62H95N19O14S2. The lowest BCUT2D eigenvalue weighted by Crippen LogP contribution is -2.60. The summed E-state index contributed by atoms with van der Waals surface area (Å²) in [5, 5.41) is 55.7. The molecule has 11 atom stereocenters. The van der Waals surface area contributed by atoms with Gasteiger partial charge in [0.2, 0.25) is 59.1 Å². The predicted octanol–water partition coefficient (Wildman–Crippen LogP) is -4.93. The number of unbranched alkanes of at least 4 members (excludes halogenated alkanes) is 2. The van der Waals surface area contributed by atoms with E-state index in [0.717, 1.165) is 4.90 Å². The maximum atomic E-state index is 14.6. The number of guanidine groups is 2. The van der Waals surface area contributed by atoms with Crippen molar-refractivity contribution in [2.75, 3.05) is 52.4 Å². The number of carboxylic acids is 1. The molecule has 2 aromatic heterocycles. The molecule has 4 heterocycles. The van der Waals surface area contributed by atoms with Crippen LogP contribution in [0.5, 0.6) is 0 Å². The SMILES string of the molecule is NCCCC[C@H](NC(=O)[C@@H](N)CCCCN)C(=O)N[C@@H](CCCN=C(N)N)C(=O)N1CCC[C@H]1C(=O)N1CC(O)C[C@H]1C(=O)NCC(=O)N[C@@H](Cc1cccs1)C(=O)N[C@@H](CO)C(=O)N[C@H](Cc1ccccc1)C(=O)N[C@@H](Cc1cccs1)C(=O)N[C@@H](CCCN=C(N)N)C(=O)O. The van der Waals surface area contributed by atoms with E-state index in [0.29, 0.717) is 66.9 Å². The van der Waals surface area contributed by atoms with Gasteiger partial charge in [-0.2, -0.15) is 0 Å². The molecule has 35 heteroatoms. The van der Waals surface area contributed by atoms with Crippen LogP contribution in [0.3, 0.4) is 0 Å². The van der Waals surface area contributed by atoms with Crippen LogP contribution in [0.15, 0.2) is 75.3 Å². The molecule has 10 amide bonds. The molecule has 97 heavy (non-hydrogen) atoms. The zero-order valence-corrected chi connectivity index (χ0v) is 55.8. The number of carboxylic acid groups (broad SMARTS) is 1. The third-order valence-corrected chi connectivity index (χ3v) is 17.9. The average molecular weight is 1390 g/mol. The first-order valence-corrected chi connectivity index (χ1v) is 34.1. The van der Waals surface area contributed by atoms with Crippen molar-refractivity contribution in [2.45, 2.75) is 169 Å². The smallest absolute Gasteiger partial charge is 0.326 e. The van der Waals surface area contributed by atoms with Crippen LogP contribution in [0.2, 0.25) is 0 Å². The van der Waals surface area contributed by atoms with Crippen molar-refractivity contribution in [1.82, 2.24) is 52.3 Å². The minimum absolute atomic E-state index is 0.00821. The molecule has 2 aliphatic heterocycles. The molecule has 1 aromatic carbocycles. The summed E-state index contributed by atoms with van der Waals surface area (Å²) in [6.45, 7) is -1.09. The fourth-order valence-electron chi connectivity index (χ4n) is 11.0. The van der Waals surface area contributed by atoms with E-state index in [1.807, 2.05) is 0 Å². The topological polar surface area (TPSA) is 558 Å². The molecule has 0 spiro atoms. The van der Waals surface area contributed by atoms with Crippen molar-refractivity contribution < 1.29 is 68.1 Å². The number of nitrogens with one attached hydrogen (secondary N) is 8. The lowest BCUT2D eigenvalue weighted by atomic mass is 10.0. The highest BCUT2D eigenvalue weighted by Crippen LogP contribution is 2.27. The van der Waals surface area contributed by atoms with E-state index in [-0.39, 0.29) is 102 Å². The molecule has 3 aromatic rings. The number of amides is 10. The fourth-order valence-corrected chi connectivity index (χ4v) is 12.5. The Labute approximate surface area is 570 Å². The number of nitrogens with two attached hydrogens (primary N) is 7. The van der Waals surface area contributed by atoms with Crippen molar-refractivity contribution in [3.05, 3.63) is 80.7 Å². The summed E-state index contributed by atoms with van der Waals surface area (Å²) in [5.41, 5.74) is 40.0. The Morgan fingerprint density at radius 3 is 1.60 bits per heavy atom. The molecule has 0 radical (unpaired) electrons. The van der Waals surface area contributed by atoms with Crippen molar-refractivity contribution in [2.24, 2.45) is 50.1 Å². The Hall–Kier alpha value is -8.87. The van der Waals surface area contributed by atoms with E-state index in [4.69, 9.17) is 40.1 Å². The minimum atomic E-state index is -1.74. The molecule has 0 aliphatic carbocycles. The number of nitrogens with zero attached hydrogens (tertiary/aromatic N) is 4. The van der Waals surface area contributed by atoms with Crippen molar-refractivity contribution in [1.29, 1.82) is 0 Å². The van der Waals surface area contributed by atoms with Crippen molar-refractivity contribution >= 4 is 99.6 Å². The van der Waals surface area contributed by atoms with Gasteiger partial charge in [0.1, 0.15) is 54.4 Å². The Balaban J connectivity index is 1.27. The standard InChI is InChI=1S/C62H95N19O14S2/c63-22-6-4-17-40(65)51(85)74-41(18-5-7-23-64)52(86)75-42(19-8-24-70-61(66)67)58(92)80-26-10-21-48(80)59(93)81-34-37(83)30-49(81)57(91)72-33-50(84)73-45(31-38-15-11-27-96-38)54(88)79-47(35-82)56(90)77-44(29-36-13-2-1-3-14-36)53(87)78-46(32-39-16-12-28-97-39)55(89)76-43(60(94)95)20-9-25-71-62(68)69/h1-3,11-16,27-28,37,40-49,82-83H,4-10,17-26,29-35,63-65H2,(H,72,91)(H,73,84)(H,74,85)(H,75,86)(H,76,89)(H,77,90)(H,78,87)(H,79,88)(H,94,95)(H4,66,67,70)(H4,68,69,71)/t37?,40-,41-,42-,43-,44+,45-,46-,47-,48-,49-/m0/s1. The number of β-amino-alcohol motifs (C(OH)–C–C–N with tert-alkyl or cyclic N) is 1. The van der Waals surface area contributed by atoms with Crippen LogP contribution in [0.4, 0.5) is 0 Å². The molecule has 534 valence electrons. The van der Waals surface area contributed by atoms with Gasteiger partial charge in [0.05, 0.1) is 25.3 Å². The van der Waals surface area contributed by atoms with E-state index in [1.54, 1.807) is 65.4 Å². The summed E-state index contributed by atoms with van der Waals surface area (Å²) in [4.78, 5) is 165. The molecule has 5 rings (SSSR count). The van der Waals surface area contributed by atoms with Crippen LogP contribution >= 0.6 is 22.7 Å². The largest absolute Gasteiger partial charge is 0.480 e. The monoisotopic (exact) mass is 1390 g/mol. The van der Waals surface area contributed by atoms with Crippen LogP contribution < -0.4 is 82.7 Å². The summed E-state index contributed by atoms with van der Waals surface area (Å²) >= 11 is 2.52. The minimum Gasteiger partial charge on any atom is -0.480 e. The number of aliphatic hydroxyl groups excluding tert-OH is 2. The zero-order chi connectivity index (χ0) is 71.0. The van der Waals surface area contributed by atoms with E-state index in [2.05, 4.69) is 52.5 Å². The first kappa shape index (κ1) is 78.8. The molecule has 2 aliphatic rings. The van der Waals surface area contributed by atoms with Crippen LogP contribution in [-0.4, -0.2) is 221 Å². The lowest BCUT2D eigenvalue weighted by Gasteiger charge is -2.33. The number of hydrogen-bond acceptors (Lipinski definition) is 20. The van der Waals surface area contributed by atoms with Crippen molar-refractivity contribution in [3.8, 4) is 0 Å². The highest BCUT2D eigenvalue weighted by molar-refractivity contribution is 7.10. The predicted molar refractivity (Wildman–Crippen MR) is 362 cm³/mol. The van der Waals surface area contributed by atoms with Gasteiger partial charge in [0, 0.05) is 61.6 Å². The highest BCUT2D eigenvalue weighted by atomic mass is 32.1. The Kier molecular flexibility index (Phi) is 33.5. The summed E-state index contributed by atoms with van der Waals surface area (Å²) in [5.74, 6) is -9.80. The van der Waals surface area contributed by atoms with Crippen LogP contribution in [0.1, 0.15) is 98.8 Å². The van der Waals surface area contributed by atoms with E-state index in [9.17, 15) is 68.1 Å². The van der Waals surface area contributed by atoms with E-state index in [1.165, 1.54) is 27.6 Å². The average Bonchev–Trinajstić information content (AvgIpc) is 1.68. The van der Waals surface area contributed by atoms with Gasteiger partial charge in [-0.3, -0.25) is 57.9 Å². The second-order valence-electron chi connectivity index (χ2n) is 23.6. The summed E-state index contributed by atoms with van der Waals surface area (Å²) in [7, 11) is 0. The quantitative estimate of drug-likeness (QED) is 0.0144. The van der Waals surface area contributed by atoms with E-state index >= 15 is 0 Å². The molecule has 0 saturated carbocycles. The maximum absolute atomic E-state index is 14.6.